The third-order valence-electron chi connectivity index (χ3n) is 3.64. The summed E-state index contributed by atoms with van der Waals surface area (Å²) in [6, 6.07) is 3.83. The van der Waals surface area contributed by atoms with Crippen LogP contribution >= 0.6 is 0 Å². The first-order valence-corrected chi connectivity index (χ1v) is 7.43. The molecule has 114 valence electrons. The maximum Gasteiger partial charge on any atom is 0.101 e. The summed E-state index contributed by atoms with van der Waals surface area (Å²) >= 11 is 0. The van der Waals surface area contributed by atoms with Gasteiger partial charge in [-0.15, -0.1) is 0 Å². The lowest BCUT2D eigenvalue weighted by atomic mass is 9.95. The van der Waals surface area contributed by atoms with Gasteiger partial charge in [-0.2, -0.15) is 0 Å². The summed E-state index contributed by atoms with van der Waals surface area (Å²) in [5, 5.41) is 9.93. The molecule has 1 aromatic heterocycles. The standard InChI is InChI=1S/C17H24N2O2/c1-17(2,20)16-7-6-14(12-19-16)15-11-13(8-9-18-15)5-4-10-21-3/h6-7,9,11-13,20H,4-5,8,10H2,1-3H3. The molecule has 2 rings (SSSR count). The number of ether oxygens (including phenoxy) is 1. The van der Waals surface area contributed by atoms with Crippen molar-refractivity contribution in [2.24, 2.45) is 10.9 Å². The second-order valence-corrected chi connectivity index (χ2v) is 5.99. The van der Waals surface area contributed by atoms with Crippen molar-refractivity contribution < 1.29 is 9.84 Å². The highest BCUT2D eigenvalue weighted by Gasteiger charge is 2.18. The monoisotopic (exact) mass is 288 g/mol. The molecular formula is C17H24N2O2. The Balaban J connectivity index is 2.08. The highest BCUT2D eigenvalue weighted by Crippen LogP contribution is 2.26. The number of allylic oxidation sites excluding steroid dienone is 1. The molecule has 1 atom stereocenters. The van der Waals surface area contributed by atoms with Crippen LogP contribution < -0.4 is 0 Å². The van der Waals surface area contributed by atoms with Gasteiger partial charge < -0.3 is 9.84 Å². The molecule has 0 fully saturated rings. The zero-order valence-electron chi connectivity index (χ0n) is 13.0. The van der Waals surface area contributed by atoms with Gasteiger partial charge in [-0.25, -0.2) is 0 Å². The summed E-state index contributed by atoms with van der Waals surface area (Å²) in [5.74, 6) is 0.515. The van der Waals surface area contributed by atoms with E-state index >= 15 is 0 Å². The zero-order valence-corrected chi connectivity index (χ0v) is 13.0. The van der Waals surface area contributed by atoms with Gasteiger partial charge in [0, 0.05) is 31.7 Å². The SMILES string of the molecule is COCCCC1C=C(c2ccc(C(C)(C)O)nc2)N=CC1. The third-order valence-corrected chi connectivity index (χ3v) is 3.64. The summed E-state index contributed by atoms with van der Waals surface area (Å²) in [6.45, 7) is 4.27. The summed E-state index contributed by atoms with van der Waals surface area (Å²) < 4.78 is 5.10. The van der Waals surface area contributed by atoms with Crippen LogP contribution in [0.1, 0.15) is 44.4 Å². The van der Waals surface area contributed by atoms with Crippen LogP contribution in [0.3, 0.4) is 0 Å². The van der Waals surface area contributed by atoms with Crippen LogP contribution in [-0.2, 0) is 10.3 Å². The van der Waals surface area contributed by atoms with Crippen molar-refractivity contribution in [1.82, 2.24) is 4.98 Å². The molecule has 0 saturated heterocycles. The molecule has 2 heterocycles. The predicted molar refractivity (Wildman–Crippen MR) is 85.2 cm³/mol. The summed E-state index contributed by atoms with van der Waals surface area (Å²) in [6.07, 6.45) is 9.15. The molecule has 0 radical (unpaired) electrons. The molecule has 0 spiro atoms. The Kier molecular flexibility index (Phi) is 5.26. The number of hydrogen-bond acceptors (Lipinski definition) is 4. The minimum atomic E-state index is -0.911. The van der Waals surface area contributed by atoms with Crippen molar-refractivity contribution in [3.63, 3.8) is 0 Å². The average Bonchev–Trinajstić information content (AvgIpc) is 2.47. The molecule has 0 aromatic carbocycles. The van der Waals surface area contributed by atoms with Crippen LogP contribution in [0.2, 0.25) is 0 Å². The number of hydrogen-bond donors (Lipinski definition) is 1. The van der Waals surface area contributed by atoms with Crippen molar-refractivity contribution in [1.29, 1.82) is 0 Å². The van der Waals surface area contributed by atoms with Crippen LogP contribution in [0.25, 0.3) is 5.70 Å². The molecule has 1 aromatic rings. The fourth-order valence-corrected chi connectivity index (χ4v) is 2.39. The smallest absolute Gasteiger partial charge is 0.101 e. The molecule has 1 N–H and O–H groups in total. The lowest BCUT2D eigenvalue weighted by Gasteiger charge is -2.18. The van der Waals surface area contributed by atoms with Crippen molar-refractivity contribution in [3.05, 3.63) is 35.7 Å². The normalized spacial score (nSPS) is 18.7. The van der Waals surface area contributed by atoms with Gasteiger partial charge in [0.05, 0.1) is 11.4 Å². The van der Waals surface area contributed by atoms with Gasteiger partial charge in [-0.3, -0.25) is 9.98 Å². The van der Waals surface area contributed by atoms with Gasteiger partial charge in [0.15, 0.2) is 0 Å². The number of aliphatic imine (C=N–C) groups is 1. The van der Waals surface area contributed by atoms with Gasteiger partial charge >= 0.3 is 0 Å². The highest BCUT2D eigenvalue weighted by molar-refractivity contribution is 5.76. The fourth-order valence-electron chi connectivity index (χ4n) is 2.39. The Bertz CT molecular complexity index is 513. The molecular weight excluding hydrogens is 264 g/mol. The Labute approximate surface area is 126 Å². The van der Waals surface area contributed by atoms with E-state index in [1.54, 1.807) is 27.2 Å². The fraction of sp³-hybridized carbons (Fsp3) is 0.529. The van der Waals surface area contributed by atoms with Gasteiger partial charge in [-0.1, -0.05) is 6.08 Å². The van der Waals surface area contributed by atoms with E-state index in [1.165, 1.54) is 0 Å². The average molecular weight is 288 g/mol. The van der Waals surface area contributed by atoms with Crippen molar-refractivity contribution in [2.75, 3.05) is 13.7 Å². The molecule has 1 unspecified atom stereocenters. The zero-order chi connectivity index (χ0) is 15.3. The van der Waals surface area contributed by atoms with Gasteiger partial charge in [0.1, 0.15) is 5.60 Å². The Morgan fingerprint density at radius 2 is 2.19 bits per heavy atom. The third kappa shape index (κ3) is 4.48. The number of methoxy groups -OCH3 is 1. The van der Waals surface area contributed by atoms with Crippen LogP contribution in [-0.4, -0.2) is 30.0 Å². The first-order valence-electron chi connectivity index (χ1n) is 7.43. The molecule has 4 nitrogen and oxygen atoms in total. The van der Waals surface area contributed by atoms with E-state index in [-0.39, 0.29) is 0 Å². The Morgan fingerprint density at radius 1 is 1.38 bits per heavy atom. The molecule has 21 heavy (non-hydrogen) atoms. The van der Waals surface area contributed by atoms with E-state index in [1.807, 2.05) is 18.3 Å². The maximum absolute atomic E-state index is 9.93. The minimum Gasteiger partial charge on any atom is -0.385 e. The van der Waals surface area contributed by atoms with Gasteiger partial charge in [-0.05, 0) is 51.2 Å². The summed E-state index contributed by atoms with van der Waals surface area (Å²) in [7, 11) is 1.74. The lowest BCUT2D eigenvalue weighted by Crippen LogP contribution is -2.17. The van der Waals surface area contributed by atoms with E-state index in [4.69, 9.17) is 4.74 Å². The number of aliphatic hydroxyl groups is 1. The van der Waals surface area contributed by atoms with E-state index in [9.17, 15) is 5.11 Å². The number of rotatable bonds is 6. The summed E-state index contributed by atoms with van der Waals surface area (Å²) in [4.78, 5) is 8.81. The summed E-state index contributed by atoms with van der Waals surface area (Å²) in [5.41, 5.74) is 1.73. The van der Waals surface area contributed by atoms with Crippen LogP contribution in [0.4, 0.5) is 0 Å². The molecule has 4 heteroatoms. The quantitative estimate of drug-likeness (QED) is 0.818. The van der Waals surface area contributed by atoms with E-state index in [0.29, 0.717) is 11.6 Å². The Morgan fingerprint density at radius 3 is 2.81 bits per heavy atom. The molecule has 0 aliphatic carbocycles. The number of nitrogens with zero attached hydrogens (tertiary/aromatic N) is 2. The molecule has 0 amide bonds. The molecule has 0 bridgehead atoms. The first kappa shape index (κ1) is 15.9. The van der Waals surface area contributed by atoms with Crippen molar-refractivity contribution in [3.8, 4) is 0 Å². The first-order chi connectivity index (χ1) is 10.0. The number of aromatic nitrogens is 1. The minimum absolute atomic E-state index is 0.515. The second kappa shape index (κ2) is 6.96. The van der Waals surface area contributed by atoms with Gasteiger partial charge in [0.25, 0.3) is 0 Å². The topological polar surface area (TPSA) is 54.7 Å². The van der Waals surface area contributed by atoms with Gasteiger partial charge in [0.2, 0.25) is 0 Å². The highest BCUT2D eigenvalue weighted by atomic mass is 16.5. The molecule has 1 aliphatic rings. The Hall–Kier alpha value is -1.52. The van der Waals surface area contributed by atoms with E-state index in [0.717, 1.165) is 37.1 Å². The molecule has 0 saturated carbocycles. The predicted octanol–water partition coefficient (Wildman–Crippen LogP) is 3.17. The van der Waals surface area contributed by atoms with Crippen molar-refractivity contribution in [2.45, 2.75) is 38.7 Å². The van der Waals surface area contributed by atoms with E-state index in [2.05, 4.69) is 16.1 Å². The largest absolute Gasteiger partial charge is 0.385 e. The maximum atomic E-state index is 9.93. The lowest BCUT2D eigenvalue weighted by molar-refractivity contribution is 0.0738. The van der Waals surface area contributed by atoms with Crippen LogP contribution in [0.15, 0.2) is 29.4 Å². The van der Waals surface area contributed by atoms with Crippen LogP contribution in [0.5, 0.6) is 0 Å². The van der Waals surface area contributed by atoms with E-state index < -0.39 is 5.60 Å². The second-order valence-electron chi connectivity index (χ2n) is 5.99. The van der Waals surface area contributed by atoms with Crippen molar-refractivity contribution >= 4 is 11.9 Å². The van der Waals surface area contributed by atoms with Crippen LogP contribution in [0, 0.1) is 5.92 Å². The molecule has 1 aliphatic heterocycles. The number of pyridine rings is 1.